The third-order valence-corrected chi connectivity index (χ3v) is 1.94. The fourth-order valence-corrected chi connectivity index (χ4v) is 0.614. The van der Waals surface area contributed by atoms with E-state index in [4.69, 9.17) is 0 Å². The van der Waals surface area contributed by atoms with Crippen LogP contribution in [0.1, 0.15) is 6.92 Å². The topological polar surface area (TPSA) is 55.4 Å². The van der Waals surface area contributed by atoms with Gasteiger partial charge < -0.3 is 4.74 Å². The minimum Gasteiger partial charge on any atom is -0.361 e. The van der Waals surface area contributed by atoms with Crippen LogP contribution in [0.4, 0.5) is 0 Å². The van der Waals surface area contributed by atoms with Crippen molar-refractivity contribution in [1.29, 1.82) is 0 Å². The monoisotopic (exact) mass is 152 g/mol. The fraction of sp³-hybridized carbons (Fsp3) is 0.750. The largest absolute Gasteiger partial charge is 0.361 e. The molecule has 0 aliphatic rings. The second-order valence-electron chi connectivity index (χ2n) is 1.37. The van der Waals surface area contributed by atoms with E-state index in [9.17, 15) is 8.42 Å². The van der Waals surface area contributed by atoms with E-state index >= 15 is 0 Å². The molecule has 4 nitrogen and oxygen atoms in total. The van der Waals surface area contributed by atoms with E-state index in [1.165, 1.54) is 7.11 Å². The van der Waals surface area contributed by atoms with Gasteiger partial charge in [0.25, 0.3) is 0 Å². The maximum atomic E-state index is 10.5. The molecule has 0 bridgehead atoms. The number of methoxy groups -OCH3 is 1. The average molecular weight is 152 g/mol. The zero-order valence-corrected chi connectivity index (χ0v) is 6.23. The van der Waals surface area contributed by atoms with Crippen LogP contribution < -0.4 is 4.72 Å². The standard InChI is InChI=1S/C4H10NO3S/c1-3-9(6,7)5-4-8-2/h4-5H,3H2,1-2H3. The molecule has 0 amide bonds. The Labute approximate surface area is 55.3 Å². The molecule has 0 aromatic heterocycles. The maximum Gasteiger partial charge on any atom is 0.213 e. The summed E-state index contributed by atoms with van der Waals surface area (Å²) in [5, 5.41) is 0. The lowest BCUT2D eigenvalue weighted by atomic mass is 11.0. The van der Waals surface area contributed by atoms with E-state index in [1.807, 2.05) is 0 Å². The molecule has 0 aliphatic heterocycles. The van der Waals surface area contributed by atoms with Gasteiger partial charge >= 0.3 is 0 Å². The summed E-state index contributed by atoms with van der Waals surface area (Å²) in [6.07, 6.45) is 0. The van der Waals surface area contributed by atoms with Crippen molar-refractivity contribution in [2.24, 2.45) is 0 Å². The Morgan fingerprint density at radius 1 is 1.67 bits per heavy atom. The van der Waals surface area contributed by atoms with Crippen molar-refractivity contribution in [2.75, 3.05) is 12.9 Å². The highest BCUT2D eigenvalue weighted by molar-refractivity contribution is 7.89. The average Bonchev–Trinajstić information content (AvgIpc) is 1.84. The Bertz CT molecular complexity index is 151. The zero-order valence-electron chi connectivity index (χ0n) is 5.42. The Morgan fingerprint density at radius 2 is 2.22 bits per heavy atom. The third-order valence-electron chi connectivity index (χ3n) is 0.726. The summed E-state index contributed by atoms with van der Waals surface area (Å²) in [5.74, 6) is 0.0624. The molecular formula is C4H10NO3S. The molecule has 55 valence electrons. The lowest BCUT2D eigenvalue weighted by Gasteiger charge is -1.99. The van der Waals surface area contributed by atoms with Gasteiger partial charge in [-0.15, -0.1) is 0 Å². The van der Waals surface area contributed by atoms with Crippen molar-refractivity contribution in [3.8, 4) is 0 Å². The zero-order chi connectivity index (χ0) is 7.33. The molecule has 1 radical (unpaired) electrons. The molecule has 0 saturated heterocycles. The van der Waals surface area contributed by atoms with Gasteiger partial charge in [0.2, 0.25) is 10.0 Å². The quantitative estimate of drug-likeness (QED) is 0.601. The fourth-order valence-electron chi connectivity index (χ4n) is 0.205. The first-order valence-corrected chi connectivity index (χ1v) is 4.12. The predicted molar refractivity (Wildman–Crippen MR) is 33.9 cm³/mol. The second kappa shape index (κ2) is 3.81. The molecule has 0 saturated carbocycles. The third kappa shape index (κ3) is 4.38. The van der Waals surface area contributed by atoms with Crippen LogP contribution in [0.2, 0.25) is 0 Å². The van der Waals surface area contributed by atoms with Crippen molar-refractivity contribution in [3.05, 3.63) is 6.73 Å². The summed E-state index contributed by atoms with van der Waals surface area (Å²) >= 11 is 0. The molecule has 0 spiro atoms. The van der Waals surface area contributed by atoms with Crippen LogP contribution in [0.25, 0.3) is 0 Å². The van der Waals surface area contributed by atoms with E-state index < -0.39 is 10.0 Å². The molecule has 0 fully saturated rings. The van der Waals surface area contributed by atoms with Crippen molar-refractivity contribution >= 4 is 10.0 Å². The van der Waals surface area contributed by atoms with Gasteiger partial charge in [0, 0.05) is 7.11 Å². The first-order chi connectivity index (χ1) is 4.12. The second-order valence-corrected chi connectivity index (χ2v) is 3.42. The molecule has 5 heteroatoms. The van der Waals surface area contributed by atoms with E-state index in [0.29, 0.717) is 0 Å². The highest BCUT2D eigenvalue weighted by atomic mass is 32.2. The van der Waals surface area contributed by atoms with Gasteiger partial charge in [-0.2, -0.15) is 4.72 Å². The van der Waals surface area contributed by atoms with Crippen LogP contribution in [0.5, 0.6) is 0 Å². The Kier molecular flexibility index (Phi) is 3.76. The number of hydrogen-bond acceptors (Lipinski definition) is 3. The molecular weight excluding hydrogens is 142 g/mol. The van der Waals surface area contributed by atoms with Crippen LogP contribution in [0.3, 0.4) is 0 Å². The normalized spacial score (nSPS) is 11.8. The van der Waals surface area contributed by atoms with E-state index in [0.717, 1.165) is 6.73 Å². The SMILES string of the molecule is CCS(=O)(=O)N[CH]OC. The van der Waals surface area contributed by atoms with Gasteiger partial charge in [-0.3, -0.25) is 0 Å². The Balaban J connectivity index is 3.61. The first kappa shape index (κ1) is 8.87. The highest BCUT2D eigenvalue weighted by Crippen LogP contribution is 1.82. The number of nitrogens with one attached hydrogen (secondary N) is 1. The summed E-state index contributed by atoms with van der Waals surface area (Å²) in [7, 11) is -1.74. The summed E-state index contributed by atoms with van der Waals surface area (Å²) < 4.78 is 27.5. The number of rotatable bonds is 4. The van der Waals surface area contributed by atoms with Gasteiger partial charge in [0.1, 0.15) is 0 Å². The van der Waals surface area contributed by atoms with Crippen LogP contribution in [0.15, 0.2) is 0 Å². The van der Waals surface area contributed by atoms with Crippen LogP contribution in [0, 0.1) is 6.73 Å². The van der Waals surface area contributed by atoms with Gasteiger partial charge in [-0.1, -0.05) is 0 Å². The van der Waals surface area contributed by atoms with E-state index in [1.54, 1.807) is 6.92 Å². The van der Waals surface area contributed by atoms with Crippen molar-refractivity contribution in [1.82, 2.24) is 4.72 Å². The Hall–Kier alpha value is -0.130. The van der Waals surface area contributed by atoms with Gasteiger partial charge in [0.05, 0.1) is 5.75 Å². The molecule has 0 atom stereocenters. The molecule has 0 rings (SSSR count). The molecule has 1 N–H and O–H groups in total. The smallest absolute Gasteiger partial charge is 0.213 e. The van der Waals surface area contributed by atoms with Crippen LogP contribution >= 0.6 is 0 Å². The Morgan fingerprint density at radius 3 is 2.56 bits per heavy atom. The molecule has 0 aliphatic carbocycles. The number of hydrogen-bond donors (Lipinski definition) is 1. The van der Waals surface area contributed by atoms with Crippen molar-refractivity contribution in [2.45, 2.75) is 6.92 Å². The summed E-state index contributed by atoms with van der Waals surface area (Å²) in [6.45, 7) is 2.57. The maximum absolute atomic E-state index is 10.5. The minimum absolute atomic E-state index is 0.0624. The number of ether oxygens (including phenoxy) is 1. The molecule has 0 aromatic carbocycles. The van der Waals surface area contributed by atoms with Gasteiger partial charge in [0.15, 0.2) is 6.73 Å². The summed E-state index contributed by atoms with van der Waals surface area (Å²) in [5.41, 5.74) is 0. The van der Waals surface area contributed by atoms with Crippen molar-refractivity contribution < 1.29 is 13.2 Å². The number of sulfonamides is 1. The van der Waals surface area contributed by atoms with Crippen LogP contribution in [-0.4, -0.2) is 21.3 Å². The van der Waals surface area contributed by atoms with Gasteiger partial charge in [-0.05, 0) is 6.92 Å². The molecule has 0 unspecified atom stereocenters. The summed E-state index contributed by atoms with van der Waals surface area (Å²) in [6, 6.07) is 0. The minimum atomic E-state index is -3.11. The van der Waals surface area contributed by atoms with Gasteiger partial charge in [-0.25, -0.2) is 8.42 Å². The molecule has 0 heterocycles. The lowest BCUT2D eigenvalue weighted by molar-refractivity contribution is 0.265. The highest BCUT2D eigenvalue weighted by Gasteiger charge is 2.03. The molecule has 0 aromatic rings. The van der Waals surface area contributed by atoms with Crippen molar-refractivity contribution in [3.63, 3.8) is 0 Å². The van der Waals surface area contributed by atoms with E-state index in [-0.39, 0.29) is 5.75 Å². The van der Waals surface area contributed by atoms with E-state index in [2.05, 4.69) is 9.46 Å². The lowest BCUT2D eigenvalue weighted by Crippen LogP contribution is -2.23. The first-order valence-electron chi connectivity index (χ1n) is 2.47. The predicted octanol–water partition coefficient (Wildman–Crippen LogP) is -0.309. The summed E-state index contributed by atoms with van der Waals surface area (Å²) in [4.78, 5) is 0. The molecule has 9 heavy (non-hydrogen) atoms. The van der Waals surface area contributed by atoms with Crippen LogP contribution in [-0.2, 0) is 14.8 Å².